The fraction of sp³-hybridized carbons (Fsp3) is 0.296. The van der Waals surface area contributed by atoms with Crippen LogP contribution in [-0.4, -0.2) is 46.4 Å². The number of thioether (sulfide) groups is 2. The number of carbonyl (C=O) groups is 2. The Bertz CT molecular complexity index is 1230. The molecule has 3 aromatic rings. The molecule has 3 N–H and O–H groups in total. The van der Waals surface area contributed by atoms with Gasteiger partial charge in [-0.25, -0.2) is 0 Å². The van der Waals surface area contributed by atoms with Gasteiger partial charge >= 0.3 is 0 Å². The normalized spacial score (nSPS) is 14.3. The number of hydrogen-bond donors (Lipinski definition) is 3. The van der Waals surface area contributed by atoms with Crippen LogP contribution in [0.4, 0.5) is 5.69 Å². The van der Waals surface area contributed by atoms with Crippen LogP contribution in [0.25, 0.3) is 10.9 Å². The highest BCUT2D eigenvalue weighted by Gasteiger charge is 2.37. The van der Waals surface area contributed by atoms with E-state index in [0.29, 0.717) is 11.4 Å². The molecule has 0 atom stereocenters. The number of thiophene rings is 1. The molecule has 36 heavy (non-hydrogen) atoms. The molecule has 9 heteroatoms. The van der Waals surface area contributed by atoms with Gasteiger partial charge < -0.3 is 20.7 Å². The van der Waals surface area contributed by atoms with Crippen LogP contribution < -0.4 is 16.0 Å². The van der Waals surface area contributed by atoms with Crippen molar-refractivity contribution < 1.29 is 9.59 Å². The molecule has 1 aromatic carbocycles. The van der Waals surface area contributed by atoms with Gasteiger partial charge in [0.1, 0.15) is 15.2 Å². The van der Waals surface area contributed by atoms with E-state index in [-0.39, 0.29) is 9.99 Å². The van der Waals surface area contributed by atoms with Crippen molar-refractivity contribution in [2.75, 3.05) is 30.4 Å². The smallest absolute Gasteiger partial charge is 0.267 e. The maximum atomic E-state index is 12.3. The number of aromatic nitrogens is 1. The molecule has 0 spiro atoms. The molecule has 0 bridgehead atoms. The summed E-state index contributed by atoms with van der Waals surface area (Å²) < 4.78 is -0.358. The van der Waals surface area contributed by atoms with E-state index in [4.69, 9.17) is 0 Å². The number of aryl methyl sites for hydroxylation is 1. The number of nitrogens with zero attached hydrogens (tertiary/aromatic N) is 1. The molecule has 3 heterocycles. The number of amides is 1. The topological polar surface area (TPSA) is 83.1 Å². The number of benzene rings is 1. The summed E-state index contributed by atoms with van der Waals surface area (Å²) in [6.45, 7) is 9.18. The summed E-state index contributed by atoms with van der Waals surface area (Å²) in [6, 6.07) is 10.1. The van der Waals surface area contributed by atoms with Gasteiger partial charge in [0.05, 0.1) is 11.2 Å². The quantitative estimate of drug-likeness (QED) is 0.240. The highest BCUT2D eigenvalue weighted by Crippen LogP contribution is 2.46. The molecule has 1 saturated heterocycles. The van der Waals surface area contributed by atoms with E-state index in [2.05, 4.69) is 33.6 Å². The third-order valence-corrected chi connectivity index (χ3v) is 10.0. The van der Waals surface area contributed by atoms with Crippen LogP contribution in [-0.2, 0) is 11.3 Å². The highest BCUT2D eigenvalue weighted by molar-refractivity contribution is 8.22. The van der Waals surface area contributed by atoms with Crippen molar-refractivity contribution in [1.82, 2.24) is 15.6 Å². The average Bonchev–Trinajstić information content (AvgIpc) is 3.54. The Morgan fingerprint density at radius 1 is 1.22 bits per heavy atom. The van der Waals surface area contributed by atoms with Crippen molar-refractivity contribution in [2.24, 2.45) is 0 Å². The van der Waals surface area contributed by atoms with E-state index in [0.717, 1.165) is 57.6 Å². The van der Waals surface area contributed by atoms with E-state index in [1.807, 2.05) is 56.7 Å². The van der Waals surface area contributed by atoms with E-state index in [1.165, 1.54) is 11.3 Å². The molecule has 0 saturated carbocycles. The van der Waals surface area contributed by atoms with Gasteiger partial charge in [-0.15, -0.1) is 34.9 Å². The fourth-order valence-corrected chi connectivity index (χ4v) is 7.39. The predicted molar refractivity (Wildman–Crippen MR) is 157 cm³/mol. The lowest BCUT2D eigenvalue weighted by Crippen LogP contribution is -2.28. The van der Waals surface area contributed by atoms with Gasteiger partial charge in [0.15, 0.2) is 0 Å². The Labute approximate surface area is 225 Å². The Balaban J connectivity index is 0.000000253. The third-order valence-electron chi connectivity index (χ3n) is 5.51. The molecule has 0 unspecified atom stereocenters. The maximum absolute atomic E-state index is 12.3. The molecule has 6 nitrogen and oxygen atoms in total. The second-order valence-corrected chi connectivity index (χ2v) is 11.9. The summed E-state index contributed by atoms with van der Waals surface area (Å²) in [5.74, 6) is 2.01. The van der Waals surface area contributed by atoms with Gasteiger partial charge in [-0.1, -0.05) is 30.9 Å². The minimum absolute atomic E-state index is 0.0895. The minimum Gasteiger partial charge on any atom is -0.379 e. The van der Waals surface area contributed by atoms with Crippen molar-refractivity contribution in [2.45, 2.75) is 24.5 Å². The molecule has 1 fully saturated rings. The Morgan fingerprint density at radius 2 is 1.97 bits per heavy atom. The summed E-state index contributed by atoms with van der Waals surface area (Å²) in [7, 11) is 1.87. The number of para-hydroxylation sites is 1. The lowest BCUT2D eigenvalue weighted by atomic mass is 10.1. The lowest BCUT2D eigenvalue weighted by molar-refractivity contribution is -0.107. The first-order valence-electron chi connectivity index (χ1n) is 11.6. The molecule has 1 amide bonds. The Hall–Kier alpha value is -2.59. The first kappa shape index (κ1) is 28.0. The van der Waals surface area contributed by atoms with Crippen LogP contribution in [0.1, 0.15) is 27.7 Å². The summed E-state index contributed by atoms with van der Waals surface area (Å²) in [4.78, 5) is 28.3. The van der Waals surface area contributed by atoms with Crippen molar-refractivity contribution in [3.05, 3.63) is 82.3 Å². The monoisotopic (exact) mass is 540 g/mol. The SMILES string of the molecule is C/C=C/NC(=O)c1scc(C)c1NCc1ccnc2ccccc12.C=C(CNC)C1(C=O)SCCS1. The molecule has 1 aliphatic heterocycles. The van der Waals surface area contributed by atoms with Gasteiger partial charge in [0.2, 0.25) is 0 Å². The van der Waals surface area contributed by atoms with Gasteiger partial charge in [-0.3, -0.25) is 9.78 Å². The molecule has 190 valence electrons. The summed E-state index contributed by atoms with van der Waals surface area (Å²) >= 11 is 4.84. The van der Waals surface area contributed by atoms with Crippen LogP contribution in [0.3, 0.4) is 0 Å². The van der Waals surface area contributed by atoms with Crippen LogP contribution in [0.15, 0.2) is 66.3 Å². The number of allylic oxidation sites excluding steroid dienone is 1. The summed E-state index contributed by atoms with van der Waals surface area (Å²) in [6.07, 6.45) is 6.29. The number of rotatable bonds is 9. The molecule has 1 aliphatic rings. The second kappa shape index (κ2) is 13.6. The van der Waals surface area contributed by atoms with Gasteiger partial charge in [0.25, 0.3) is 5.91 Å². The molecular weight excluding hydrogens is 509 g/mol. The van der Waals surface area contributed by atoms with Crippen molar-refractivity contribution >= 4 is 63.6 Å². The first-order valence-corrected chi connectivity index (χ1v) is 14.4. The molecular formula is C27H32N4O2S3. The van der Waals surface area contributed by atoms with E-state index >= 15 is 0 Å². The number of hydrogen-bond acceptors (Lipinski definition) is 8. The number of fused-ring (bicyclic) bond motifs is 1. The predicted octanol–water partition coefficient (Wildman–Crippen LogP) is 5.62. The fourth-order valence-electron chi connectivity index (χ4n) is 3.67. The van der Waals surface area contributed by atoms with Gasteiger partial charge in [-0.05, 0) is 61.3 Å². The highest BCUT2D eigenvalue weighted by atomic mass is 32.2. The number of nitrogens with one attached hydrogen (secondary N) is 3. The standard InChI is InChI=1S/C19H19N3OS.C8H13NOS2/c1-3-9-21-19(23)18-17(13(2)12-24-18)22-11-14-8-10-20-16-7-5-4-6-15(14)16;1-7(5-9-2)8(6-10)11-3-4-12-8/h3-10,12,22H,11H2,1-2H3,(H,21,23);6,9H,1,3-5H2,2H3/b9-3+;. The molecule has 2 aromatic heterocycles. The zero-order valence-electron chi connectivity index (χ0n) is 20.8. The van der Waals surface area contributed by atoms with Crippen LogP contribution in [0.5, 0.6) is 0 Å². The van der Waals surface area contributed by atoms with Crippen LogP contribution in [0, 0.1) is 6.92 Å². The number of pyridine rings is 1. The average molecular weight is 541 g/mol. The van der Waals surface area contributed by atoms with Crippen molar-refractivity contribution in [3.63, 3.8) is 0 Å². The largest absolute Gasteiger partial charge is 0.379 e. The Morgan fingerprint density at radius 3 is 2.67 bits per heavy atom. The van der Waals surface area contributed by atoms with E-state index in [9.17, 15) is 9.59 Å². The minimum atomic E-state index is -0.358. The van der Waals surface area contributed by atoms with Crippen molar-refractivity contribution in [3.8, 4) is 0 Å². The number of aldehydes is 1. The van der Waals surface area contributed by atoms with Gasteiger partial charge in [0, 0.05) is 36.2 Å². The molecule has 0 radical (unpaired) electrons. The number of carbonyl (C=O) groups excluding carboxylic acids is 2. The molecule has 0 aliphatic carbocycles. The van der Waals surface area contributed by atoms with Crippen LogP contribution in [0.2, 0.25) is 0 Å². The van der Waals surface area contributed by atoms with E-state index < -0.39 is 0 Å². The first-order chi connectivity index (χ1) is 17.5. The number of anilines is 1. The zero-order valence-corrected chi connectivity index (χ0v) is 23.2. The number of likely N-dealkylation sites (N-methyl/N-ethyl adjacent to an activating group) is 1. The van der Waals surface area contributed by atoms with Crippen LogP contribution >= 0.6 is 34.9 Å². The third kappa shape index (κ3) is 6.79. The van der Waals surface area contributed by atoms with Gasteiger partial charge in [-0.2, -0.15) is 0 Å². The molecule has 4 rings (SSSR count). The second-order valence-electron chi connectivity index (χ2n) is 8.05. The summed E-state index contributed by atoms with van der Waals surface area (Å²) in [5, 5.41) is 12.3. The zero-order chi connectivity index (χ0) is 26.0. The summed E-state index contributed by atoms with van der Waals surface area (Å²) in [5.41, 5.74) is 5.08. The van der Waals surface area contributed by atoms with E-state index in [1.54, 1.807) is 35.8 Å². The van der Waals surface area contributed by atoms with Crippen molar-refractivity contribution in [1.29, 1.82) is 0 Å². The lowest BCUT2D eigenvalue weighted by Gasteiger charge is -2.22. The maximum Gasteiger partial charge on any atom is 0.267 e. The Kier molecular flexibility index (Phi) is 10.6.